The third-order valence-corrected chi connectivity index (χ3v) is 14.4. The molecule has 2 saturated heterocycles. The van der Waals surface area contributed by atoms with E-state index in [1.165, 1.54) is 0 Å². The number of carboxylic acids is 1. The molecule has 12 nitrogen and oxygen atoms in total. The van der Waals surface area contributed by atoms with E-state index in [0.29, 0.717) is 94.4 Å². The normalized spacial score (nSPS) is 21.6. The van der Waals surface area contributed by atoms with Crippen LogP contribution in [0.3, 0.4) is 0 Å². The number of benzene rings is 2. The molecule has 2 atom stereocenters. The van der Waals surface area contributed by atoms with Crippen LogP contribution in [0, 0.1) is 23.7 Å². The summed E-state index contributed by atoms with van der Waals surface area (Å²) in [5.41, 5.74) is 3.88. The van der Waals surface area contributed by atoms with Crippen LogP contribution in [0.4, 0.5) is 17.6 Å². The van der Waals surface area contributed by atoms with Crippen molar-refractivity contribution in [3.8, 4) is 0 Å². The number of carbonyl (C=O) groups is 4. The average molecular weight is 950 g/mol. The fourth-order valence-electron chi connectivity index (χ4n) is 10.5. The first-order valence-electron chi connectivity index (χ1n) is 24.8. The summed E-state index contributed by atoms with van der Waals surface area (Å²) in [6, 6.07) is 11.1. The molecular formula is C52H71F4N7O5. The van der Waals surface area contributed by atoms with Gasteiger partial charge in [-0.25, -0.2) is 27.5 Å². The number of imidazole rings is 2. The number of piperidine rings is 2. The summed E-state index contributed by atoms with van der Waals surface area (Å²) in [7, 11) is 0. The Balaban J connectivity index is 0.000000202. The Morgan fingerprint density at radius 1 is 0.647 bits per heavy atom. The van der Waals surface area contributed by atoms with Crippen LogP contribution in [0.5, 0.6) is 0 Å². The van der Waals surface area contributed by atoms with Crippen molar-refractivity contribution in [2.45, 2.75) is 161 Å². The van der Waals surface area contributed by atoms with Crippen LogP contribution in [0.15, 0.2) is 36.4 Å². The molecule has 2 aliphatic heterocycles. The van der Waals surface area contributed by atoms with Crippen molar-refractivity contribution in [2.75, 3.05) is 32.7 Å². The van der Waals surface area contributed by atoms with Gasteiger partial charge in [0.05, 0.1) is 33.9 Å². The van der Waals surface area contributed by atoms with Crippen LogP contribution < -0.4 is 5.32 Å². The zero-order chi connectivity index (χ0) is 49.3. The van der Waals surface area contributed by atoms with E-state index in [4.69, 9.17) is 9.97 Å². The number of nitrogens with one attached hydrogen (secondary N) is 1. The number of halogens is 4. The van der Waals surface area contributed by atoms with Crippen LogP contribution >= 0.6 is 0 Å². The highest BCUT2D eigenvalue weighted by Crippen LogP contribution is 2.40. The van der Waals surface area contributed by atoms with Crippen molar-refractivity contribution in [3.63, 3.8) is 0 Å². The second-order valence-corrected chi connectivity index (χ2v) is 22.0. The second-order valence-electron chi connectivity index (χ2n) is 22.0. The Bertz CT molecular complexity index is 2470. The van der Waals surface area contributed by atoms with E-state index in [-0.39, 0.29) is 78.5 Å². The first-order valence-corrected chi connectivity index (χ1v) is 24.8. The molecule has 2 N–H and O–H groups in total. The van der Waals surface area contributed by atoms with Crippen molar-refractivity contribution in [2.24, 2.45) is 23.7 Å². The number of hydrogen-bond donors (Lipinski definition) is 2. The summed E-state index contributed by atoms with van der Waals surface area (Å²) in [6.07, 6.45) is 4.62. The molecule has 2 aromatic heterocycles. The summed E-state index contributed by atoms with van der Waals surface area (Å²) in [5.74, 6) is -4.76. The molecule has 2 aliphatic carbocycles. The number of aromatic nitrogens is 4. The highest BCUT2D eigenvalue weighted by Gasteiger charge is 2.38. The number of fused-ring (bicyclic) bond motifs is 2. The summed E-state index contributed by atoms with van der Waals surface area (Å²) in [6.45, 7) is 18.1. The predicted molar refractivity (Wildman–Crippen MR) is 254 cm³/mol. The molecule has 0 radical (unpaired) electrons. The molecule has 372 valence electrons. The number of nitrogens with zero attached hydrogens (tertiary/aromatic N) is 6. The monoisotopic (exact) mass is 950 g/mol. The zero-order valence-electron chi connectivity index (χ0n) is 41.0. The van der Waals surface area contributed by atoms with Crippen LogP contribution in [0.2, 0.25) is 0 Å². The van der Waals surface area contributed by atoms with Crippen molar-refractivity contribution >= 4 is 45.8 Å². The van der Waals surface area contributed by atoms with Gasteiger partial charge in [-0.15, -0.1) is 0 Å². The molecule has 2 saturated carbocycles. The first kappa shape index (κ1) is 50.8. The van der Waals surface area contributed by atoms with Gasteiger partial charge in [-0.05, 0) is 107 Å². The van der Waals surface area contributed by atoms with E-state index in [1.54, 1.807) is 21.9 Å². The number of hydrogen-bond acceptors (Lipinski definition) is 6. The highest BCUT2D eigenvalue weighted by atomic mass is 19.3. The van der Waals surface area contributed by atoms with Gasteiger partial charge in [-0.3, -0.25) is 19.2 Å². The van der Waals surface area contributed by atoms with Crippen molar-refractivity contribution in [3.05, 3.63) is 59.2 Å². The lowest BCUT2D eigenvalue weighted by Gasteiger charge is -2.32. The molecule has 0 bridgehead atoms. The molecular weight excluding hydrogens is 879 g/mol. The topological polar surface area (TPSA) is 143 Å². The third kappa shape index (κ3) is 11.9. The lowest BCUT2D eigenvalue weighted by molar-refractivity contribution is -0.143. The molecule has 8 rings (SSSR count). The summed E-state index contributed by atoms with van der Waals surface area (Å²) in [5, 5.41) is 12.2. The van der Waals surface area contributed by atoms with Crippen molar-refractivity contribution in [1.29, 1.82) is 0 Å². The minimum atomic E-state index is -2.55. The molecule has 2 aromatic carbocycles. The molecule has 4 aliphatic rings. The summed E-state index contributed by atoms with van der Waals surface area (Å²) < 4.78 is 58.9. The van der Waals surface area contributed by atoms with Crippen LogP contribution in [0.25, 0.3) is 22.1 Å². The van der Waals surface area contributed by atoms with Gasteiger partial charge in [0.2, 0.25) is 17.8 Å². The van der Waals surface area contributed by atoms with E-state index in [9.17, 15) is 41.8 Å². The molecule has 4 aromatic rings. The van der Waals surface area contributed by atoms with Crippen molar-refractivity contribution in [1.82, 2.24) is 34.2 Å². The van der Waals surface area contributed by atoms with Gasteiger partial charge in [0.25, 0.3) is 11.8 Å². The number of alkyl halides is 4. The van der Waals surface area contributed by atoms with Gasteiger partial charge in [-0.1, -0.05) is 41.5 Å². The van der Waals surface area contributed by atoms with Gasteiger partial charge < -0.3 is 29.4 Å². The fraction of sp³-hybridized carbons (Fsp3) is 0.654. The van der Waals surface area contributed by atoms with E-state index in [1.807, 2.05) is 31.2 Å². The first-order chi connectivity index (χ1) is 31.9. The fourth-order valence-corrected chi connectivity index (χ4v) is 10.5. The second kappa shape index (κ2) is 20.1. The Hall–Kier alpha value is -5.02. The lowest BCUT2D eigenvalue weighted by atomic mass is 9.86. The van der Waals surface area contributed by atoms with Crippen LogP contribution in [-0.2, 0) is 33.5 Å². The maximum absolute atomic E-state index is 13.7. The number of rotatable bonds is 9. The highest BCUT2D eigenvalue weighted by molar-refractivity contribution is 5.99. The molecule has 3 amide bonds. The molecule has 2 unspecified atom stereocenters. The van der Waals surface area contributed by atoms with E-state index in [0.717, 1.165) is 41.0 Å². The largest absolute Gasteiger partial charge is 0.481 e. The standard InChI is InChI=1S/C27H38F2N4O2.C25H33F2N3O3/c1-5-30-23(34)20-7-6-14-32(17-20)24(35)19-8-9-22-21(15-19)31-25(26(2,3)4)33(22)16-18-10-12-27(28,29)13-11-18;1-24(2,3)23-28-19-13-17(21(31)29-12-4-5-18(15-29)22(32)33)6-7-20(19)30(23)14-16-8-10-25(26,27)11-9-16/h8-9,15,18,20H,5-7,10-14,16-17H2,1-4H3,(H,30,34);6-7,13,16,18H,4-5,8-12,14-15H2,1-3H3,(H,32,33). The van der Waals surface area contributed by atoms with Gasteiger partial charge in [0.1, 0.15) is 11.6 Å². The Morgan fingerprint density at radius 2 is 1.04 bits per heavy atom. The van der Waals surface area contributed by atoms with Crippen LogP contribution in [0.1, 0.15) is 158 Å². The smallest absolute Gasteiger partial charge is 0.308 e. The quantitative estimate of drug-likeness (QED) is 0.159. The minimum absolute atomic E-state index is 0.00879. The average Bonchev–Trinajstić information content (AvgIpc) is 3.85. The SMILES string of the molecule is CC(C)(C)c1nc2cc(C(=O)N3CCCC(C(=O)O)C3)ccc2n1CC1CCC(F)(F)CC1.CCNC(=O)C1CCCN(C(=O)c2ccc3c(c2)nc(C(C)(C)C)n3CC2CCC(F)(F)CC2)C1. The maximum atomic E-state index is 13.7. The molecule has 68 heavy (non-hydrogen) atoms. The Labute approximate surface area is 397 Å². The molecule has 0 spiro atoms. The van der Waals surface area contributed by atoms with Crippen molar-refractivity contribution < 1.29 is 41.8 Å². The van der Waals surface area contributed by atoms with Gasteiger partial charge >= 0.3 is 5.97 Å². The molecule has 16 heteroatoms. The van der Waals surface area contributed by atoms with Gasteiger partial charge in [-0.2, -0.15) is 0 Å². The van der Waals surface area contributed by atoms with Crippen LogP contribution in [-0.4, -0.2) is 102 Å². The Kier molecular flexibility index (Phi) is 15.1. The van der Waals surface area contributed by atoms with E-state index < -0.39 is 23.7 Å². The van der Waals surface area contributed by atoms with Gasteiger partial charge in [0.15, 0.2) is 0 Å². The number of carboxylic acid groups (broad SMARTS) is 1. The number of aliphatic carboxylic acids is 1. The van der Waals surface area contributed by atoms with E-state index in [2.05, 4.69) is 56.0 Å². The maximum Gasteiger partial charge on any atom is 0.308 e. The van der Waals surface area contributed by atoms with E-state index >= 15 is 0 Å². The number of amides is 3. The number of carbonyl (C=O) groups excluding carboxylic acids is 3. The molecule has 4 fully saturated rings. The molecule has 4 heterocycles. The predicted octanol–water partition coefficient (Wildman–Crippen LogP) is 10.2. The Morgan fingerprint density at radius 3 is 1.43 bits per heavy atom. The summed E-state index contributed by atoms with van der Waals surface area (Å²) >= 11 is 0. The van der Waals surface area contributed by atoms with Gasteiger partial charge in [0, 0.05) is 93.5 Å². The number of likely N-dealkylation sites (tertiary alicyclic amines) is 2. The third-order valence-electron chi connectivity index (χ3n) is 14.4. The minimum Gasteiger partial charge on any atom is -0.481 e. The summed E-state index contributed by atoms with van der Waals surface area (Å²) in [4.78, 5) is 63.3. The lowest BCUT2D eigenvalue weighted by Crippen LogP contribution is -2.45. The zero-order valence-corrected chi connectivity index (χ0v) is 41.0.